The number of carbonyl (C=O) groups excluding carboxylic acids is 1. The van der Waals surface area contributed by atoms with Gasteiger partial charge >= 0.3 is 5.69 Å². The summed E-state index contributed by atoms with van der Waals surface area (Å²) in [5, 5.41) is 1.77. The van der Waals surface area contributed by atoms with Crippen LogP contribution in [0, 0.1) is 0 Å². The number of nitrogens with zero attached hydrogens (tertiary/aromatic N) is 3. The van der Waals surface area contributed by atoms with Crippen molar-refractivity contribution in [2.24, 2.45) is 0 Å². The standard InChI is InChI=1S/C22H27N3O4S/c1-4-6-12-23(5-2)19(26)15-24-17-11-13-30-20(17)21(27)25(22(24)28)14-16-9-7-8-10-18(16)29-3/h7-11,13H,4-6,12,14-15H2,1-3H3. The molecule has 0 aliphatic rings. The maximum Gasteiger partial charge on any atom is 0.332 e. The molecule has 1 aromatic carbocycles. The number of unbranched alkanes of at least 4 members (excludes halogenated alkanes) is 1. The fraction of sp³-hybridized carbons (Fsp3) is 0.409. The Morgan fingerprint density at radius 3 is 2.60 bits per heavy atom. The first-order valence-electron chi connectivity index (χ1n) is 10.1. The van der Waals surface area contributed by atoms with Gasteiger partial charge in [-0.25, -0.2) is 4.79 Å². The monoisotopic (exact) mass is 429 g/mol. The van der Waals surface area contributed by atoms with Crippen LogP contribution in [0.2, 0.25) is 0 Å². The molecule has 0 radical (unpaired) electrons. The SMILES string of the molecule is CCCCN(CC)C(=O)Cn1c(=O)n(Cc2ccccc2OC)c(=O)c2sccc21. The maximum atomic E-state index is 13.3. The van der Waals surface area contributed by atoms with Crippen molar-refractivity contribution in [3.05, 3.63) is 62.1 Å². The van der Waals surface area contributed by atoms with Crippen molar-refractivity contribution in [1.82, 2.24) is 14.0 Å². The zero-order valence-electron chi connectivity index (χ0n) is 17.6. The number of para-hydroxylation sites is 1. The predicted octanol–water partition coefficient (Wildman–Crippen LogP) is 2.93. The molecule has 0 fully saturated rings. The lowest BCUT2D eigenvalue weighted by molar-refractivity contribution is -0.131. The van der Waals surface area contributed by atoms with Gasteiger partial charge in [-0.15, -0.1) is 11.3 Å². The first-order chi connectivity index (χ1) is 14.5. The second-order valence-electron chi connectivity index (χ2n) is 7.03. The van der Waals surface area contributed by atoms with Crippen molar-refractivity contribution in [3.63, 3.8) is 0 Å². The van der Waals surface area contributed by atoms with Crippen molar-refractivity contribution >= 4 is 27.5 Å². The van der Waals surface area contributed by atoms with Gasteiger partial charge in [-0.2, -0.15) is 0 Å². The van der Waals surface area contributed by atoms with Crippen LogP contribution in [-0.2, 0) is 17.9 Å². The minimum absolute atomic E-state index is 0.0804. The average Bonchev–Trinajstić information content (AvgIpc) is 3.25. The second-order valence-corrected chi connectivity index (χ2v) is 7.95. The highest BCUT2D eigenvalue weighted by molar-refractivity contribution is 7.17. The Morgan fingerprint density at radius 1 is 1.13 bits per heavy atom. The van der Waals surface area contributed by atoms with Crippen molar-refractivity contribution < 1.29 is 9.53 Å². The fourth-order valence-electron chi connectivity index (χ4n) is 3.47. The third-order valence-electron chi connectivity index (χ3n) is 5.17. The molecular weight excluding hydrogens is 402 g/mol. The lowest BCUT2D eigenvalue weighted by Crippen LogP contribution is -2.43. The number of benzene rings is 1. The van der Waals surface area contributed by atoms with Crippen LogP contribution in [-0.4, -0.2) is 40.1 Å². The lowest BCUT2D eigenvalue weighted by Gasteiger charge is -2.21. The number of aromatic nitrogens is 2. The van der Waals surface area contributed by atoms with Gasteiger partial charge in [0.2, 0.25) is 5.91 Å². The molecule has 2 heterocycles. The molecule has 0 saturated carbocycles. The molecule has 1 amide bonds. The molecule has 0 N–H and O–H groups in total. The number of thiophene rings is 1. The van der Waals surface area contributed by atoms with E-state index in [2.05, 4.69) is 6.92 Å². The summed E-state index contributed by atoms with van der Waals surface area (Å²) in [6.45, 7) is 5.24. The van der Waals surface area contributed by atoms with Crippen molar-refractivity contribution in [1.29, 1.82) is 0 Å². The Kier molecular flexibility index (Phi) is 7.10. The first-order valence-corrected chi connectivity index (χ1v) is 11.0. The first kappa shape index (κ1) is 21.8. The Hall–Kier alpha value is -2.87. The van der Waals surface area contributed by atoms with Crippen molar-refractivity contribution in [3.8, 4) is 5.75 Å². The number of ether oxygens (including phenoxy) is 1. The third-order valence-corrected chi connectivity index (χ3v) is 6.06. The quantitative estimate of drug-likeness (QED) is 0.524. The molecule has 3 aromatic rings. The van der Waals surface area contributed by atoms with E-state index in [0.29, 0.717) is 29.1 Å². The predicted molar refractivity (Wildman–Crippen MR) is 120 cm³/mol. The summed E-state index contributed by atoms with van der Waals surface area (Å²) in [5.74, 6) is 0.484. The maximum absolute atomic E-state index is 13.3. The van der Waals surface area contributed by atoms with Crippen LogP contribution >= 0.6 is 11.3 Å². The van der Waals surface area contributed by atoms with Crippen LogP contribution in [0.4, 0.5) is 0 Å². The average molecular weight is 430 g/mol. The van der Waals surface area contributed by atoms with Crippen LogP contribution in [0.15, 0.2) is 45.3 Å². The minimum Gasteiger partial charge on any atom is -0.496 e. The molecule has 2 aromatic heterocycles. The normalized spacial score (nSPS) is 11.0. The van der Waals surface area contributed by atoms with Crippen LogP contribution in [0.5, 0.6) is 5.75 Å². The number of hydrogen-bond donors (Lipinski definition) is 0. The van der Waals surface area contributed by atoms with E-state index < -0.39 is 5.69 Å². The molecule has 7 nitrogen and oxygen atoms in total. The highest BCUT2D eigenvalue weighted by Crippen LogP contribution is 2.19. The molecule has 0 spiro atoms. The number of fused-ring (bicyclic) bond motifs is 1. The molecule has 160 valence electrons. The minimum atomic E-state index is -0.489. The van der Waals surface area contributed by atoms with Crippen molar-refractivity contribution in [2.45, 2.75) is 39.8 Å². The van der Waals surface area contributed by atoms with Gasteiger partial charge in [0.25, 0.3) is 5.56 Å². The molecule has 3 rings (SSSR count). The molecule has 0 atom stereocenters. The van der Waals surface area contributed by atoms with E-state index in [-0.39, 0.29) is 24.6 Å². The highest BCUT2D eigenvalue weighted by Gasteiger charge is 2.19. The molecular formula is C22H27N3O4S. The largest absolute Gasteiger partial charge is 0.496 e. The van der Waals surface area contributed by atoms with Gasteiger partial charge in [0, 0.05) is 18.7 Å². The van der Waals surface area contributed by atoms with Gasteiger partial charge in [0.05, 0.1) is 19.2 Å². The van der Waals surface area contributed by atoms with E-state index in [9.17, 15) is 14.4 Å². The van der Waals surface area contributed by atoms with Gasteiger partial charge in [-0.05, 0) is 30.9 Å². The zero-order chi connectivity index (χ0) is 21.7. The molecule has 0 aliphatic carbocycles. The summed E-state index contributed by atoms with van der Waals surface area (Å²) >= 11 is 1.28. The van der Waals surface area contributed by atoms with Crippen LogP contribution < -0.4 is 16.0 Å². The number of methoxy groups -OCH3 is 1. The molecule has 0 saturated heterocycles. The highest BCUT2D eigenvalue weighted by atomic mass is 32.1. The fourth-order valence-corrected chi connectivity index (χ4v) is 4.32. The molecule has 30 heavy (non-hydrogen) atoms. The Morgan fingerprint density at radius 2 is 1.90 bits per heavy atom. The van der Waals surface area contributed by atoms with Gasteiger partial charge < -0.3 is 9.64 Å². The zero-order valence-corrected chi connectivity index (χ0v) is 18.4. The van der Waals surface area contributed by atoms with Gasteiger partial charge in [0.1, 0.15) is 17.0 Å². The summed E-state index contributed by atoms with van der Waals surface area (Å²) in [7, 11) is 1.55. The molecule has 0 aliphatic heterocycles. The van der Waals surface area contributed by atoms with E-state index in [4.69, 9.17) is 4.74 Å². The second kappa shape index (κ2) is 9.75. The van der Waals surface area contributed by atoms with Crippen molar-refractivity contribution in [2.75, 3.05) is 20.2 Å². The van der Waals surface area contributed by atoms with Gasteiger partial charge in [0.15, 0.2) is 0 Å². The van der Waals surface area contributed by atoms with E-state index in [1.807, 2.05) is 25.1 Å². The topological polar surface area (TPSA) is 73.5 Å². The lowest BCUT2D eigenvalue weighted by atomic mass is 10.2. The number of amides is 1. The number of carbonyl (C=O) groups is 1. The Balaban J connectivity index is 2.05. The van der Waals surface area contributed by atoms with Crippen LogP contribution in [0.3, 0.4) is 0 Å². The summed E-state index contributed by atoms with van der Waals surface area (Å²) in [6.07, 6.45) is 1.90. The number of hydrogen-bond acceptors (Lipinski definition) is 5. The van der Waals surface area contributed by atoms with Gasteiger partial charge in [-0.1, -0.05) is 31.5 Å². The van der Waals surface area contributed by atoms with E-state index in [1.165, 1.54) is 20.5 Å². The van der Waals surface area contributed by atoms with Gasteiger partial charge in [-0.3, -0.25) is 18.7 Å². The summed E-state index contributed by atoms with van der Waals surface area (Å²) in [6, 6.07) is 9.01. The smallest absolute Gasteiger partial charge is 0.332 e. The third kappa shape index (κ3) is 4.33. The van der Waals surface area contributed by atoms with E-state index in [0.717, 1.165) is 18.4 Å². The molecule has 0 unspecified atom stereocenters. The number of rotatable bonds is 9. The Labute approximate surface area is 179 Å². The summed E-state index contributed by atoms with van der Waals surface area (Å²) < 4.78 is 8.44. The summed E-state index contributed by atoms with van der Waals surface area (Å²) in [4.78, 5) is 40.9. The Bertz CT molecular complexity index is 1150. The molecule has 8 heteroatoms. The van der Waals surface area contributed by atoms with E-state index >= 15 is 0 Å². The summed E-state index contributed by atoms with van der Waals surface area (Å²) in [5.41, 5.74) is 0.395. The number of likely N-dealkylation sites (N-methyl/N-ethyl adjacent to an activating group) is 1. The molecule has 0 bridgehead atoms. The van der Waals surface area contributed by atoms with Crippen LogP contribution in [0.1, 0.15) is 32.3 Å². The van der Waals surface area contributed by atoms with Crippen LogP contribution in [0.25, 0.3) is 10.2 Å². The van der Waals surface area contributed by atoms with E-state index in [1.54, 1.807) is 29.5 Å².